The third-order valence-electron chi connectivity index (χ3n) is 6.95. The molecular formula is C28H29F4N7O2. The van der Waals surface area contributed by atoms with Gasteiger partial charge in [0.25, 0.3) is 5.56 Å². The number of nitrogens with zero attached hydrogens (tertiary/aromatic N) is 3. The van der Waals surface area contributed by atoms with Crippen molar-refractivity contribution in [2.75, 3.05) is 18.8 Å². The molecule has 0 aliphatic heterocycles. The maximum Gasteiger partial charge on any atom is 0.418 e. The van der Waals surface area contributed by atoms with Gasteiger partial charge in [-0.25, -0.2) is 15.2 Å². The van der Waals surface area contributed by atoms with Crippen LogP contribution in [-0.4, -0.2) is 28.4 Å². The van der Waals surface area contributed by atoms with Crippen molar-refractivity contribution in [3.8, 4) is 16.9 Å². The number of alkyl halides is 3. The first-order chi connectivity index (χ1) is 19.5. The second-order valence-corrected chi connectivity index (χ2v) is 9.91. The van der Waals surface area contributed by atoms with Crippen molar-refractivity contribution in [3.63, 3.8) is 0 Å². The standard InChI is InChI=1S/C28H29F4N7O2/c1-15(11-33)39(34)24-9-18(29)5-6-20(24)17-7-23(16-3-4-16)37-25(8-17)38-13-22(28(30,31)32)21-10-19(12-35-14-41-2)36-26(21)27(38)40/h5-11,13,16,35-36H,3-4,12,14,33-34H2,1-2H3/b15-11-. The summed E-state index contributed by atoms with van der Waals surface area (Å²) in [4.78, 5) is 21.0. The maximum atomic E-state index is 14.3. The summed E-state index contributed by atoms with van der Waals surface area (Å²) < 4.78 is 62.9. The Labute approximate surface area is 232 Å². The summed E-state index contributed by atoms with van der Waals surface area (Å²) in [6, 6.07) is 8.59. The molecule has 0 amide bonds. The summed E-state index contributed by atoms with van der Waals surface area (Å²) in [5.41, 5.74) is 6.45. The number of pyridine rings is 2. The predicted octanol–water partition coefficient (Wildman–Crippen LogP) is 4.61. The van der Waals surface area contributed by atoms with Crippen LogP contribution in [-0.2, 0) is 17.5 Å². The lowest BCUT2D eigenvalue weighted by Gasteiger charge is -2.23. The number of hydrazine groups is 1. The second kappa shape index (κ2) is 11.0. The van der Waals surface area contributed by atoms with Crippen LogP contribution >= 0.6 is 0 Å². The fourth-order valence-corrected chi connectivity index (χ4v) is 4.67. The lowest BCUT2D eigenvalue weighted by molar-refractivity contribution is -0.136. The average Bonchev–Trinajstić information content (AvgIpc) is 3.71. The number of benzene rings is 1. The highest BCUT2D eigenvalue weighted by molar-refractivity contribution is 5.84. The maximum absolute atomic E-state index is 14.3. The highest BCUT2D eigenvalue weighted by Gasteiger charge is 2.35. The van der Waals surface area contributed by atoms with Crippen molar-refractivity contribution in [1.82, 2.24) is 19.9 Å². The molecule has 1 aliphatic carbocycles. The van der Waals surface area contributed by atoms with Gasteiger partial charge in [0.2, 0.25) is 0 Å². The number of nitrogens with two attached hydrogens (primary N) is 2. The molecule has 3 aromatic heterocycles. The van der Waals surface area contributed by atoms with Gasteiger partial charge in [0, 0.05) is 60.0 Å². The number of H-pyrrole nitrogens is 1. The Balaban J connectivity index is 1.72. The number of methoxy groups -OCH3 is 1. The topological polar surface area (TPSA) is 127 Å². The number of rotatable bonds is 9. The van der Waals surface area contributed by atoms with Crippen LogP contribution in [0.2, 0.25) is 0 Å². The number of hydrogen-bond acceptors (Lipinski definition) is 7. The molecule has 0 bridgehead atoms. The molecule has 6 N–H and O–H groups in total. The molecule has 216 valence electrons. The first-order valence-corrected chi connectivity index (χ1v) is 12.8. The fourth-order valence-electron chi connectivity index (χ4n) is 4.67. The molecule has 1 aliphatic rings. The van der Waals surface area contributed by atoms with Gasteiger partial charge in [0.05, 0.1) is 18.0 Å². The van der Waals surface area contributed by atoms with E-state index in [-0.39, 0.29) is 41.6 Å². The molecule has 5 rings (SSSR count). The molecule has 1 saturated carbocycles. The van der Waals surface area contributed by atoms with Crippen LogP contribution in [0.15, 0.2) is 59.3 Å². The normalized spacial score (nSPS) is 14.2. The minimum absolute atomic E-state index is 0.000364. The van der Waals surface area contributed by atoms with Crippen LogP contribution < -0.4 is 27.5 Å². The lowest BCUT2D eigenvalue weighted by Crippen LogP contribution is -2.30. The highest BCUT2D eigenvalue weighted by atomic mass is 19.4. The zero-order chi connectivity index (χ0) is 29.5. The smallest absolute Gasteiger partial charge is 0.403 e. The number of aromatic amines is 1. The van der Waals surface area contributed by atoms with Crippen molar-refractivity contribution in [1.29, 1.82) is 0 Å². The SMILES string of the molecule is COCNCc1cc2c(C(F)(F)F)cn(-c3cc(-c4ccc(F)cc4N(N)/C(C)=C\N)cc(C4CC4)n3)c(=O)c2[nH]1. The van der Waals surface area contributed by atoms with E-state index in [0.29, 0.717) is 28.2 Å². The van der Waals surface area contributed by atoms with Crippen LogP contribution in [0.5, 0.6) is 0 Å². The number of ether oxygens (including phenoxy) is 1. The van der Waals surface area contributed by atoms with E-state index in [2.05, 4.69) is 15.3 Å². The van der Waals surface area contributed by atoms with Crippen molar-refractivity contribution in [2.45, 2.75) is 38.4 Å². The van der Waals surface area contributed by atoms with Crippen molar-refractivity contribution in [2.24, 2.45) is 11.6 Å². The molecule has 0 spiro atoms. The molecule has 9 nitrogen and oxygen atoms in total. The Morgan fingerprint density at radius 1 is 1.27 bits per heavy atom. The van der Waals surface area contributed by atoms with Gasteiger partial charge in [0.15, 0.2) is 0 Å². The first kappa shape index (κ1) is 28.3. The minimum atomic E-state index is -4.75. The van der Waals surface area contributed by atoms with E-state index in [0.717, 1.165) is 23.6 Å². The summed E-state index contributed by atoms with van der Waals surface area (Å²) in [6.45, 7) is 1.99. The number of halogens is 4. The Hall–Kier alpha value is -4.20. The quantitative estimate of drug-likeness (QED) is 0.0760. The number of fused-ring (bicyclic) bond motifs is 1. The largest absolute Gasteiger partial charge is 0.418 e. The van der Waals surface area contributed by atoms with Gasteiger partial charge in [-0.2, -0.15) is 13.2 Å². The monoisotopic (exact) mass is 571 g/mol. The average molecular weight is 572 g/mol. The lowest BCUT2D eigenvalue weighted by atomic mass is 10.0. The Kier molecular flexibility index (Phi) is 7.60. The molecule has 3 heterocycles. The van der Waals surface area contributed by atoms with Gasteiger partial charge < -0.3 is 15.5 Å². The summed E-state index contributed by atoms with van der Waals surface area (Å²) in [5, 5.41) is 3.89. The van der Waals surface area contributed by atoms with E-state index in [4.69, 9.17) is 16.3 Å². The van der Waals surface area contributed by atoms with Gasteiger partial charge >= 0.3 is 6.18 Å². The molecular weight excluding hydrogens is 542 g/mol. The van der Waals surface area contributed by atoms with Gasteiger partial charge in [-0.1, -0.05) is 0 Å². The van der Waals surface area contributed by atoms with E-state index >= 15 is 0 Å². The van der Waals surface area contributed by atoms with E-state index in [9.17, 15) is 22.4 Å². The van der Waals surface area contributed by atoms with Crippen molar-refractivity contribution in [3.05, 3.63) is 87.6 Å². The second-order valence-electron chi connectivity index (χ2n) is 9.91. The third-order valence-corrected chi connectivity index (χ3v) is 6.95. The van der Waals surface area contributed by atoms with Gasteiger partial charge in [-0.15, -0.1) is 0 Å². The molecule has 13 heteroatoms. The molecule has 0 atom stereocenters. The Bertz CT molecular complexity index is 1690. The van der Waals surface area contributed by atoms with Crippen molar-refractivity contribution < 1.29 is 22.3 Å². The van der Waals surface area contributed by atoms with Crippen LogP contribution in [0.25, 0.3) is 27.8 Å². The fraction of sp³-hybridized carbons (Fsp3) is 0.286. The highest BCUT2D eigenvalue weighted by Crippen LogP contribution is 2.42. The number of hydrogen-bond donors (Lipinski definition) is 4. The third kappa shape index (κ3) is 5.69. The number of aromatic nitrogens is 3. The number of nitrogens with one attached hydrogen (secondary N) is 2. The molecule has 4 aromatic rings. The summed E-state index contributed by atoms with van der Waals surface area (Å²) in [6.07, 6.45) is -1.01. The van der Waals surface area contributed by atoms with Gasteiger partial charge in [0.1, 0.15) is 17.2 Å². The molecule has 1 fully saturated rings. The van der Waals surface area contributed by atoms with Crippen LogP contribution in [0.3, 0.4) is 0 Å². The molecule has 0 radical (unpaired) electrons. The van der Waals surface area contributed by atoms with E-state index in [1.165, 1.54) is 48.7 Å². The van der Waals surface area contributed by atoms with E-state index < -0.39 is 23.1 Å². The Morgan fingerprint density at radius 3 is 2.68 bits per heavy atom. The van der Waals surface area contributed by atoms with Crippen LogP contribution in [0.4, 0.5) is 23.2 Å². The zero-order valence-corrected chi connectivity index (χ0v) is 22.3. The molecule has 41 heavy (non-hydrogen) atoms. The molecule has 0 saturated heterocycles. The van der Waals surface area contributed by atoms with Crippen molar-refractivity contribution >= 4 is 16.6 Å². The van der Waals surface area contributed by atoms with Gasteiger partial charge in [-0.05, 0) is 61.7 Å². The van der Waals surface area contributed by atoms with Crippen LogP contribution in [0, 0.1) is 5.82 Å². The van der Waals surface area contributed by atoms with E-state index in [1.807, 2.05) is 0 Å². The summed E-state index contributed by atoms with van der Waals surface area (Å²) in [5.74, 6) is 5.77. The number of anilines is 1. The summed E-state index contributed by atoms with van der Waals surface area (Å²) in [7, 11) is 1.48. The van der Waals surface area contributed by atoms with Crippen LogP contribution in [0.1, 0.15) is 42.6 Å². The minimum Gasteiger partial charge on any atom is -0.403 e. The van der Waals surface area contributed by atoms with Gasteiger partial charge in [-0.3, -0.25) is 19.7 Å². The molecule has 0 unspecified atom stereocenters. The predicted molar refractivity (Wildman–Crippen MR) is 147 cm³/mol. The molecule has 1 aromatic carbocycles. The zero-order valence-electron chi connectivity index (χ0n) is 22.3. The Morgan fingerprint density at radius 2 is 2.02 bits per heavy atom. The van der Waals surface area contributed by atoms with E-state index in [1.54, 1.807) is 13.0 Å². The first-order valence-electron chi connectivity index (χ1n) is 12.8. The number of allylic oxidation sites excluding steroid dienone is 1. The summed E-state index contributed by atoms with van der Waals surface area (Å²) >= 11 is 0.